The van der Waals surface area contributed by atoms with E-state index in [2.05, 4.69) is 36.5 Å². The molecular weight excluding hydrogens is 210 g/mol. The highest BCUT2D eigenvalue weighted by molar-refractivity contribution is 5.31. The zero-order valence-corrected chi connectivity index (χ0v) is 9.98. The Balaban J connectivity index is 1.88. The fraction of sp³-hybridized carbons (Fsp3) is 0.200. The van der Waals surface area contributed by atoms with Crippen LogP contribution < -0.4 is 5.32 Å². The van der Waals surface area contributed by atoms with E-state index in [0.29, 0.717) is 12.3 Å². The van der Waals surface area contributed by atoms with E-state index in [0.717, 1.165) is 12.1 Å². The van der Waals surface area contributed by atoms with E-state index >= 15 is 0 Å². The first-order chi connectivity index (χ1) is 8.25. The summed E-state index contributed by atoms with van der Waals surface area (Å²) in [6.07, 6.45) is 0. The largest absolute Gasteiger partial charge is 0.508 e. The molecule has 0 amide bonds. The molecule has 2 N–H and O–H groups in total. The number of phenolic OH excluding ortho intramolecular Hbond substituents is 1. The number of benzene rings is 2. The van der Waals surface area contributed by atoms with Gasteiger partial charge in [-0.1, -0.05) is 48.0 Å². The van der Waals surface area contributed by atoms with Crippen LogP contribution in [0.3, 0.4) is 0 Å². The van der Waals surface area contributed by atoms with Gasteiger partial charge in [-0.3, -0.25) is 0 Å². The Hall–Kier alpha value is -1.80. The van der Waals surface area contributed by atoms with Crippen LogP contribution in [-0.4, -0.2) is 5.11 Å². The number of phenols is 1. The average Bonchev–Trinajstić information content (AvgIpc) is 2.34. The van der Waals surface area contributed by atoms with Crippen molar-refractivity contribution < 1.29 is 5.11 Å². The molecule has 0 saturated heterocycles. The fourth-order valence-corrected chi connectivity index (χ4v) is 1.71. The molecule has 0 radical (unpaired) electrons. The van der Waals surface area contributed by atoms with Crippen molar-refractivity contribution in [3.05, 3.63) is 65.2 Å². The third-order valence-corrected chi connectivity index (χ3v) is 2.76. The summed E-state index contributed by atoms with van der Waals surface area (Å²) in [5.74, 6) is 0.351. The normalized spacial score (nSPS) is 10.4. The number of aromatic hydroxyl groups is 1. The van der Waals surface area contributed by atoms with Crippen LogP contribution in [0.15, 0.2) is 48.5 Å². The van der Waals surface area contributed by atoms with Crippen LogP contribution in [0, 0.1) is 6.92 Å². The number of nitrogens with one attached hydrogen (secondary N) is 1. The number of hydrogen-bond acceptors (Lipinski definition) is 2. The Bertz CT molecular complexity index is 477. The molecule has 0 saturated carbocycles. The van der Waals surface area contributed by atoms with Crippen LogP contribution in [0.5, 0.6) is 5.75 Å². The molecule has 2 heteroatoms. The van der Waals surface area contributed by atoms with Crippen molar-refractivity contribution in [2.75, 3.05) is 0 Å². The Labute approximate surface area is 102 Å². The van der Waals surface area contributed by atoms with Crippen molar-refractivity contribution in [1.29, 1.82) is 0 Å². The Morgan fingerprint density at radius 1 is 0.941 bits per heavy atom. The number of aryl methyl sites for hydroxylation is 1. The zero-order valence-electron chi connectivity index (χ0n) is 9.98. The maximum absolute atomic E-state index is 9.60. The van der Waals surface area contributed by atoms with Crippen LogP contribution in [0.1, 0.15) is 16.7 Å². The SMILES string of the molecule is Cc1ccc(CNCc2ccccc2O)cc1. The molecular formula is C15H17NO. The van der Waals surface area contributed by atoms with Crippen LogP contribution in [0.25, 0.3) is 0 Å². The molecule has 0 bridgehead atoms. The first kappa shape index (κ1) is 11.7. The topological polar surface area (TPSA) is 32.3 Å². The lowest BCUT2D eigenvalue weighted by Crippen LogP contribution is -2.12. The molecule has 0 heterocycles. The van der Waals surface area contributed by atoms with Gasteiger partial charge in [-0.05, 0) is 18.6 Å². The predicted molar refractivity (Wildman–Crippen MR) is 69.8 cm³/mol. The number of para-hydroxylation sites is 1. The van der Waals surface area contributed by atoms with Crippen LogP contribution in [0.4, 0.5) is 0 Å². The quantitative estimate of drug-likeness (QED) is 0.841. The van der Waals surface area contributed by atoms with Gasteiger partial charge in [0.25, 0.3) is 0 Å². The van der Waals surface area contributed by atoms with Gasteiger partial charge in [0.1, 0.15) is 5.75 Å². The minimum atomic E-state index is 0.351. The summed E-state index contributed by atoms with van der Waals surface area (Å²) in [5.41, 5.74) is 3.46. The summed E-state index contributed by atoms with van der Waals surface area (Å²) in [6.45, 7) is 3.58. The zero-order chi connectivity index (χ0) is 12.1. The minimum absolute atomic E-state index is 0.351. The molecule has 0 aliphatic carbocycles. The molecule has 0 aliphatic heterocycles. The molecule has 0 spiro atoms. The van der Waals surface area contributed by atoms with Crippen LogP contribution in [0.2, 0.25) is 0 Å². The Morgan fingerprint density at radius 3 is 2.35 bits per heavy atom. The summed E-state index contributed by atoms with van der Waals surface area (Å²) in [4.78, 5) is 0. The summed E-state index contributed by atoms with van der Waals surface area (Å²) in [5, 5.41) is 12.9. The summed E-state index contributed by atoms with van der Waals surface area (Å²) in [7, 11) is 0. The molecule has 0 aliphatic rings. The third kappa shape index (κ3) is 3.33. The molecule has 2 aromatic rings. The van der Waals surface area contributed by atoms with Gasteiger partial charge in [0.05, 0.1) is 0 Å². The summed E-state index contributed by atoms with van der Waals surface area (Å²) >= 11 is 0. The highest BCUT2D eigenvalue weighted by atomic mass is 16.3. The van der Waals surface area contributed by atoms with Gasteiger partial charge in [-0.25, -0.2) is 0 Å². The second-order valence-electron chi connectivity index (χ2n) is 4.22. The van der Waals surface area contributed by atoms with E-state index in [1.807, 2.05) is 18.2 Å². The highest BCUT2D eigenvalue weighted by Gasteiger charge is 1.98. The van der Waals surface area contributed by atoms with Crippen LogP contribution >= 0.6 is 0 Å². The van der Waals surface area contributed by atoms with Crippen molar-refractivity contribution in [1.82, 2.24) is 5.32 Å². The maximum atomic E-state index is 9.60. The van der Waals surface area contributed by atoms with Gasteiger partial charge < -0.3 is 10.4 Å². The van der Waals surface area contributed by atoms with Crippen molar-refractivity contribution in [2.24, 2.45) is 0 Å². The molecule has 0 unspecified atom stereocenters. The van der Waals surface area contributed by atoms with E-state index in [1.165, 1.54) is 11.1 Å². The first-order valence-corrected chi connectivity index (χ1v) is 5.79. The molecule has 2 aromatic carbocycles. The van der Waals surface area contributed by atoms with Gasteiger partial charge >= 0.3 is 0 Å². The van der Waals surface area contributed by atoms with E-state index in [1.54, 1.807) is 6.07 Å². The highest BCUT2D eigenvalue weighted by Crippen LogP contribution is 2.15. The third-order valence-electron chi connectivity index (χ3n) is 2.76. The lowest BCUT2D eigenvalue weighted by atomic mass is 10.1. The molecule has 17 heavy (non-hydrogen) atoms. The van der Waals surface area contributed by atoms with Gasteiger partial charge in [-0.2, -0.15) is 0 Å². The molecule has 0 fully saturated rings. The van der Waals surface area contributed by atoms with Gasteiger partial charge in [0.15, 0.2) is 0 Å². The van der Waals surface area contributed by atoms with E-state index < -0.39 is 0 Å². The Kier molecular flexibility index (Phi) is 3.78. The van der Waals surface area contributed by atoms with Crippen molar-refractivity contribution in [3.8, 4) is 5.75 Å². The van der Waals surface area contributed by atoms with Gasteiger partial charge in [0.2, 0.25) is 0 Å². The van der Waals surface area contributed by atoms with E-state index in [9.17, 15) is 5.11 Å². The summed E-state index contributed by atoms with van der Waals surface area (Å²) < 4.78 is 0. The molecule has 2 rings (SSSR count). The lowest BCUT2D eigenvalue weighted by Gasteiger charge is -2.07. The second kappa shape index (κ2) is 5.51. The monoisotopic (exact) mass is 227 g/mol. The molecule has 88 valence electrons. The van der Waals surface area contributed by atoms with E-state index in [-0.39, 0.29) is 0 Å². The molecule has 2 nitrogen and oxygen atoms in total. The van der Waals surface area contributed by atoms with Gasteiger partial charge in [0, 0.05) is 18.7 Å². The lowest BCUT2D eigenvalue weighted by molar-refractivity contribution is 0.464. The Morgan fingerprint density at radius 2 is 1.65 bits per heavy atom. The first-order valence-electron chi connectivity index (χ1n) is 5.79. The summed E-state index contributed by atoms with van der Waals surface area (Å²) in [6, 6.07) is 15.9. The average molecular weight is 227 g/mol. The maximum Gasteiger partial charge on any atom is 0.120 e. The minimum Gasteiger partial charge on any atom is -0.508 e. The van der Waals surface area contributed by atoms with Crippen molar-refractivity contribution in [2.45, 2.75) is 20.0 Å². The number of rotatable bonds is 4. The molecule has 0 atom stereocenters. The van der Waals surface area contributed by atoms with Gasteiger partial charge in [-0.15, -0.1) is 0 Å². The smallest absolute Gasteiger partial charge is 0.120 e. The standard InChI is InChI=1S/C15H17NO/c1-12-6-8-13(9-7-12)10-16-11-14-4-2-3-5-15(14)17/h2-9,16-17H,10-11H2,1H3. The number of hydrogen-bond donors (Lipinski definition) is 2. The predicted octanol–water partition coefficient (Wildman–Crippen LogP) is 2.99. The van der Waals surface area contributed by atoms with Crippen molar-refractivity contribution in [3.63, 3.8) is 0 Å². The molecule has 0 aromatic heterocycles. The van der Waals surface area contributed by atoms with Crippen LogP contribution in [-0.2, 0) is 13.1 Å². The van der Waals surface area contributed by atoms with E-state index in [4.69, 9.17) is 0 Å². The van der Waals surface area contributed by atoms with Crippen molar-refractivity contribution >= 4 is 0 Å². The fourth-order valence-electron chi connectivity index (χ4n) is 1.71. The second-order valence-corrected chi connectivity index (χ2v) is 4.22.